The number of nitro groups is 1. The van der Waals surface area contributed by atoms with E-state index in [2.05, 4.69) is 17.4 Å². The van der Waals surface area contributed by atoms with Crippen LogP contribution in [0.4, 0.5) is 11.4 Å². The number of hydrogen-bond acceptors (Lipinski definition) is 5. The Hall–Kier alpha value is -2.45. The summed E-state index contributed by atoms with van der Waals surface area (Å²) in [5.41, 5.74) is 1.28. The Labute approximate surface area is 153 Å². The molecule has 140 valence electrons. The first-order valence-electron chi connectivity index (χ1n) is 8.25. The highest BCUT2D eigenvalue weighted by Gasteiger charge is 2.21. The largest absolute Gasteiger partial charge is 0.374 e. The van der Waals surface area contributed by atoms with Gasteiger partial charge in [0.2, 0.25) is 0 Å². The highest BCUT2D eigenvalue weighted by molar-refractivity contribution is 7.90. The topological polar surface area (TPSA) is 93.8 Å². The second kappa shape index (κ2) is 8.29. The van der Waals surface area contributed by atoms with E-state index in [4.69, 9.17) is 0 Å². The van der Waals surface area contributed by atoms with Crippen LogP contribution < -0.4 is 10.2 Å². The number of nitrogens with one attached hydrogen (secondary N) is 2. The lowest BCUT2D eigenvalue weighted by atomic mass is 10.1. The molecule has 8 heteroatoms. The van der Waals surface area contributed by atoms with Crippen molar-refractivity contribution in [2.75, 3.05) is 32.2 Å². The minimum atomic E-state index is -3.50. The number of rotatable bonds is 8. The predicted molar refractivity (Wildman–Crippen MR) is 101 cm³/mol. The SMILES string of the molecule is C[NH+](C)[C@@H](CNc1ccc(S(C)(=O)=O)cc1[N+](=O)[O-])Cc1ccccc1. The molecule has 0 spiro atoms. The molecule has 0 heterocycles. The van der Waals surface area contributed by atoms with Crippen LogP contribution in [-0.4, -0.2) is 46.3 Å². The summed E-state index contributed by atoms with van der Waals surface area (Å²) in [4.78, 5) is 11.9. The molecule has 2 aromatic carbocycles. The fourth-order valence-corrected chi connectivity index (χ4v) is 3.30. The molecule has 0 bridgehead atoms. The Morgan fingerprint density at radius 3 is 2.35 bits per heavy atom. The minimum Gasteiger partial charge on any atom is -0.374 e. The van der Waals surface area contributed by atoms with Gasteiger partial charge in [-0.1, -0.05) is 30.3 Å². The number of likely N-dealkylation sites (N-methyl/N-ethyl adjacent to an activating group) is 1. The zero-order valence-corrected chi connectivity index (χ0v) is 15.9. The van der Waals surface area contributed by atoms with E-state index >= 15 is 0 Å². The monoisotopic (exact) mass is 378 g/mol. The predicted octanol–water partition coefficient (Wildman–Crippen LogP) is 1.17. The quantitative estimate of drug-likeness (QED) is 0.531. The molecular formula is C18H24N3O4S+. The molecule has 2 rings (SSSR count). The molecular weight excluding hydrogens is 354 g/mol. The van der Waals surface area contributed by atoms with Gasteiger partial charge in [0.15, 0.2) is 9.84 Å². The summed E-state index contributed by atoms with van der Waals surface area (Å²) in [6, 6.07) is 14.2. The first kappa shape index (κ1) is 19.9. The zero-order chi connectivity index (χ0) is 19.3. The number of quaternary nitrogens is 1. The van der Waals surface area contributed by atoms with E-state index in [0.29, 0.717) is 12.2 Å². The van der Waals surface area contributed by atoms with E-state index in [1.54, 1.807) is 0 Å². The zero-order valence-electron chi connectivity index (χ0n) is 15.1. The first-order valence-corrected chi connectivity index (χ1v) is 10.1. The maximum absolute atomic E-state index is 11.6. The Bertz CT molecular complexity index is 867. The number of nitro benzene ring substituents is 1. The number of nitrogens with zero attached hydrogens (tertiary/aromatic N) is 1. The Morgan fingerprint density at radius 1 is 1.15 bits per heavy atom. The third-order valence-corrected chi connectivity index (χ3v) is 5.38. The van der Waals surface area contributed by atoms with Crippen molar-refractivity contribution < 1.29 is 18.2 Å². The van der Waals surface area contributed by atoms with E-state index in [9.17, 15) is 18.5 Å². The summed E-state index contributed by atoms with van der Waals surface area (Å²) < 4.78 is 23.3. The lowest BCUT2D eigenvalue weighted by Crippen LogP contribution is -3.11. The summed E-state index contributed by atoms with van der Waals surface area (Å²) in [7, 11) is 0.579. The van der Waals surface area contributed by atoms with E-state index in [1.807, 2.05) is 32.3 Å². The van der Waals surface area contributed by atoms with Gasteiger partial charge in [0.1, 0.15) is 11.7 Å². The van der Waals surface area contributed by atoms with Gasteiger partial charge in [-0.3, -0.25) is 10.1 Å². The summed E-state index contributed by atoms with van der Waals surface area (Å²) >= 11 is 0. The van der Waals surface area contributed by atoms with Crippen LogP contribution in [0, 0.1) is 10.1 Å². The smallest absolute Gasteiger partial charge is 0.293 e. The maximum Gasteiger partial charge on any atom is 0.293 e. The van der Waals surface area contributed by atoms with Gasteiger partial charge in [-0.05, 0) is 17.7 Å². The molecule has 7 nitrogen and oxygen atoms in total. The Balaban J connectivity index is 2.19. The van der Waals surface area contributed by atoms with Crippen molar-refractivity contribution in [3.63, 3.8) is 0 Å². The normalized spacial score (nSPS) is 12.8. The maximum atomic E-state index is 11.6. The molecule has 0 radical (unpaired) electrons. The first-order chi connectivity index (χ1) is 12.2. The fourth-order valence-electron chi connectivity index (χ4n) is 2.65. The van der Waals surface area contributed by atoms with Crippen molar-refractivity contribution in [3.8, 4) is 0 Å². The van der Waals surface area contributed by atoms with Crippen molar-refractivity contribution >= 4 is 21.2 Å². The molecule has 0 unspecified atom stereocenters. The molecule has 2 N–H and O–H groups in total. The van der Waals surface area contributed by atoms with Gasteiger partial charge in [0, 0.05) is 18.7 Å². The molecule has 1 atom stereocenters. The van der Waals surface area contributed by atoms with E-state index in [1.165, 1.54) is 22.6 Å². The van der Waals surface area contributed by atoms with Crippen LogP contribution in [-0.2, 0) is 16.3 Å². The van der Waals surface area contributed by atoms with Gasteiger partial charge in [-0.15, -0.1) is 0 Å². The number of hydrogen-bond donors (Lipinski definition) is 2. The van der Waals surface area contributed by atoms with Crippen LogP contribution in [0.2, 0.25) is 0 Å². The van der Waals surface area contributed by atoms with Crippen LogP contribution in [0.3, 0.4) is 0 Å². The van der Waals surface area contributed by atoms with Crippen molar-refractivity contribution in [2.45, 2.75) is 17.4 Å². The van der Waals surface area contributed by atoms with E-state index < -0.39 is 14.8 Å². The number of anilines is 1. The highest BCUT2D eigenvalue weighted by Crippen LogP contribution is 2.27. The third-order valence-electron chi connectivity index (χ3n) is 4.27. The molecule has 0 saturated carbocycles. The van der Waals surface area contributed by atoms with Crippen LogP contribution in [0.5, 0.6) is 0 Å². The van der Waals surface area contributed by atoms with Crippen molar-refractivity contribution in [1.29, 1.82) is 0 Å². The van der Waals surface area contributed by atoms with Gasteiger partial charge < -0.3 is 10.2 Å². The Kier molecular flexibility index (Phi) is 6.33. The Morgan fingerprint density at radius 2 is 1.81 bits per heavy atom. The molecule has 0 fully saturated rings. The molecule has 26 heavy (non-hydrogen) atoms. The van der Waals surface area contributed by atoms with Gasteiger partial charge in [-0.2, -0.15) is 0 Å². The van der Waals surface area contributed by atoms with Gasteiger partial charge in [0.25, 0.3) is 5.69 Å². The summed E-state index contributed by atoms with van der Waals surface area (Å²) in [6.45, 7) is 0.524. The summed E-state index contributed by atoms with van der Waals surface area (Å²) in [6.07, 6.45) is 1.86. The molecule has 0 aliphatic rings. The number of benzene rings is 2. The summed E-state index contributed by atoms with van der Waals surface area (Å²) in [5.74, 6) is 0. The molecule has 0 saturated heterocycles. The second-order valence-electron chi connectivity index (χ2n) is 6.55. The average Bonchev–Trinajstić information content (AvgIpc) is 2.58. The lowest BCUT2D eigenvalue weighted by molar-refractivity contribution is -0.883. The molecule has 2 aromatic rings. The van der Waals surface area contributed by atoms with Gasteiger partial charge >= 0.3 is 0 Å². The van der Waals surface area contributed by atoms with Crippen LogP contribution in [0.1, 0.15) is 5.56 Å². The van der Waals surface area contributed by atoms with Crippen LogP contribution in [0.15, 0.2) is 53.4 Å². The van der Waals surface area contributed by atoms with Crippen molar-refractivity contribution in [1.82, 2.24) is 0 Å². The van der Waals surface area contributed by atoms with E-state index in [-0.39, 0.29) is 16.6 Å². The van der Waals surface area contributed by atoms with Crippen molar-refractivity contribution in [2.24, 2.45) is 0 Å². The van der Waals surface area contributed by atoms with E-state index in [0.717, 1.165) is 18.7 Å². The minimum absolute atomic E-state index is 0.0613. The number of sulfone groups is 1. The molecule has 0 aliphatic heterocycles. The van der Waals surface area contributed by atoms with Crippen LogP contribution in [0.25, 0.3) is 0 Å². The van der Waals surface area contributed by atoms with Crippen LogP contribution >= 0.6 is 0 Å². The molecule has 0 aromatic heterocycles. The third kappa shape index (κ3) is 5.27. The summed E-state index contributed by atoms with van der Waals surface area (Å²) in [5, 5.41) is 14.5. The van der Waals surface area contributed by atoms with Gasteiger partial charge in [0.05, 0.1) is 30.5 Å². The second-order valence-corrected chi connectivity index (χ2v) is 8.57. The highest BCUT2D eigenvalue weighted by atomic mass is 32.2. The molecule has 0 aliphatic carbocycles. The lowest BCUT2D eigenvalue weighted by Gasteiger charge is -2.22. The average molecular weight is 378 g/mol. The fraction of sp³-hybridized carbons (Fsp3) is 0.333. The molecule has 0 amide bonds. The van der Waals surface area contributed by atoms with Gasteiger partial charge in [-0.25, -0.2) is 8.42 Å². The standard InChI is InChI=1S/C18H23N3O4S/c1-20(2)15(11-14-7-5-4-6-8-14)13-19-17-10-9-16(26(3,24)25)12-18(17)21(22)23/h4-10,12,15,19H,11,13H2,1-3H3/p+1/t15-/m1/s1. The van der Waals surface area contributed by atoms with Crippen molar-refractivity contribution in [3.05, 3.63) is 64.2 Å².